The molecule has 4 heterocycles. The number of nitrogens with zero attached hydrogens (tertiary/aromatic N) is 4. The zero-order chi connectivity index (χ0) is 22.3. The van der Waals surface area contributed by atoms with Crippen LogP contribution < -0.4 is 20.7 Å². The number of ether oxygens (including phenoxy) is 1. The summed E-state index contributed by atoms with van der Waals surface area (Å²) in [5.41, 5.74) is 8.99. The number of pyridine rings is 1. The van der Waals surface area contributed by atoms with Gasteiger partial charge in [0.05, 0.1) is 15.8 Å². The van der Waals surface area contributed by atoms with Crippen molar-refractivity contribution >= 4 is 40.5 Å². The minimum absolute atomic E-state index is 0.168. The van der Waals surface area contributed by atoms with Gasteiger partial charge in [0.15, 0.2) is 0 Å². The number of nitrogen functional groups attached to an aromatic ring is 1. The Bertz CT molecular complexity index is 1150. The SMILES string of the molecule is N=C(c1cnc(N2CC3(CNC3)C2)nc1)c1cc(OCc2c(Cl)cncc2Cl)ccc1N. The van der Waals surface area contributed by atoms with Crippen LogP contribution in [0.1, 0.15) is 16.7 Å². The van der Waals surface area contributed by atoms with E-state index in [0.29, 0.717) is 49.5 Å². The maximum atomic E-state index is 8.62. The monoisotopic (exact) mass is 469 g/mol. The Kier molecular flexibility index (Phi) is 5.36. The normalized spacial score (nSPS) is 16.4. The third kappa shape index (κ3) is 3.85. The average Bonchev–Trinajstić information content (AvgIpc) is 2.72. The quantitative estimate of drug-likeness (QED) is 0.375. The summed E-state index contributed by atoms with van der Waals surface area (Å²) < 4.78 is 5.85. The minimum atomic E-state index is 0.168. The van der Waals surface area contributed by atoms with Crippen LogP contribution in [0.15, 0.2) is 43.0 Å². The van der Waals surface area contributed by atoms with Crippen LogP contribution in [0.25, 0.3) is 0 Å². The predicted octanol–water partition coefficient (Wildman–Crippen LogP) is 3.17. The Morgan fingerprint density at radius 2 is 1.81 bits per heavy atom. The molecule has 2 aliphatic heterocycles. The zero-order valence-electron chi connectivity index (χ0n) is 17.1. The topological polar surface area (TPSA) is 113 Å². The second-order valence-corrected chi connectivity index (χ2v) is 9.04. The fourth-order valence-electron chi connectivity index (χ4n) is 3.95. The van der Waals surface area contributed by atoms with Crippen molar-refractivity contribution < 1.29 is 4.74 Å². The molecule has 32 heavy (non-hydrogen) atoms. The van der Waals surface area contributed by atoms with Crippen LogP contribution in [-0.4, -0.2) is 46.8 Å². The molecular formula is C22H21Cl2N7O. The molecule has 8 nitrogen and oxygen atoms in total. The van der Waals surface area contributed by atoms with E-state index in [1.807, 2.05) is 0 Å². The standard InChI is InChI=1S/C22H21Cl2N7O/c23-17-6-27-7-18(24)16(17)8-32-14-1-2-19(25)15(3-14)20(26)13-4-29-21(30-5-13)31-11-22(12-31)9-28-10-22/h1-7,26,28H,8-12,25H2. The van der Waals surface area contributed by atoms with Crippen molar-refractivity contribution in [1.29, 1.82) is 5.41 Å². The molecule has 1 spiro atoms. The molecule has 10 heteroatoms. The van der Waals surface area contributed by atoms with Gasteiger partial charge >= 0.3 is 0 Å². The Morgan fingerprint density at radius 3 is 2.44 bits per heavy atom. The van der Waals surface area contributed by atoms with Crippen LogP contribution in [0.3, 0.4) is 0 Å². The lowest BCUT2D eigenvalue weighted by atomic mass is 9.75. The highest BCUT2D eigenvalue weighted by Crippen LogP contribution is 2.36. The molecule has 0 saturated carbocycles. The smallest absolute Gasteiger partial charge is 0.225 e. The lowest BCUT2D eigenvalue weighted by Crippen LogP contribution is -2.71. The van der Waals surface area contributed by atoms with E-state index in [1.54, 1.807) is 30.6 Å². The molecule has 0 bridgehead atoms. The number of hydrogen-bond donors (Lipinski definition) is 3. The van der Waals surface area contributed by atoms with Gasteiger partial charge in [-0.05, 0) is 18.2 Å². The van der Waals surface area contributed by atoms with Gasteiger partial charge in [0.25, 0.3) is 0 Å². The van der Waals surface area contributed by atoms with Crippen molar-refractivity contribution in [2.24, 2.45) is 5.41 Å². The molecule has 0 aliphatic carbocycles. The van der Waals surface area contributed by atoms with Crippen LogP contribution in [0.4, 0.5) is 11.6 Å². The van der Waals surface area contributed by atoms with Gasteiger partial charge in [-0.15, -0.1) is 0 Å². The van der Waals surface area contributed by atoms with E-state index in [1.165, 1.54) is 12.4 Å². The molecule has 0 radical (unpaired) electrons. The number of nitrogens with one attached hydrogen (secondary N) is 2. The first-order valence-electron chi connectivity index (χ1n) is 10.1. The van der Waals surface area contributed by atoms with Crippen molar-refractivity contribution in [2.75, 3.05) is 36.8 Å². The number of benzene rings is 1. The highest BCUT2D eigenvalue weighted by Gasteiger charge is 2.48. The largest absolute Gasteiger partial charge is 0.489 e. The molecule has 2 fully saturated rings. The number of halogens is 2. The minimum Gasteiger partial charge on any atom is -0.489 e. The second kappa shape index (κ2) is 8.20. The van der Waals surface area contributed by atoms with Crippen LogP contribution in [-0.2, 0) is 6.61 Å². The maximum absolute atomic E-state index is 8.62. The van der Waals surface area contributed by atoms with Crippen LogP contribution in [0.5, 0.6) is 5.75 Å². The molecule has 2 aliphatic rings. The Balaban J connectivity index is 1.29. The Labute approximate surface area is 195 Å². The Hall–Kier alpha value is -2.94. The number of nitrogens with two attached hydrogens (primary N) is 1. The fourth-order valence-corrected chi connectivity index (χ4v) is 4.42. The third-order valence-electron chi connectivity index (χ3n) is 5.89. The molecule has 4 N–H and O–H groups in total. The summed E-state index contributed by atoms with van der Waals surface area (Å²) in [6.45, 7) is 4.22. The van der Waals surface area contributed by atoms with Gasteiger partial charge in [-0.25, -0.2) is 9.97 Å². The van der Waals surface area contributed by atoms with Gasteiger partial charge in [0.1, 0.15) is 12.4 Å². The molecule has 2 aromatic heterocycles. The number of anilines is 2. The summed E-state index contributed by atoms with van der Waals surface area (Å²) in [5, 5.41) is 12.8. The first kappa shape index (κ1) is 20.9. The molecule has 5 rings (SSSR count). The molecule has 0 atom stereocenters. The fraction of sp³-hybridized carbons (Fsp3) is 0.273. The van der Waals surface area contributed by atoms with E-state index >= 15 is 0 Å². The molecular weight excluding hydrogens is 449 g/mol. The second-order valence-electron chi connectivity index (χ2n) is 8.23. The molecule has 0 unspecified atom stereocenters. The number of aromatic nitrogens is 3. The third-order valence-corrected chi connectivity index (χ3v) is 6.54. The van der Waals surface area contributed by atoms with Crippen LogP contribution in [0.2, 0.25) is 10.0 Å². The van der Waals surface area contributed by atoms with Gasteiger partial charge in [0, 0.05) is 78.8 Å². The van der Waals surface area contributed by atoms with Crippen molar-refractivity contribution in [3.8, 4) is 5.75 Å². The van der Waals surface area contributed by atoms with Gasteiger partial charge in [-0.2, -0.15) is 0 Å². The van der Waals surface area contributed by atoms with Gasteiger partial charge < -0.3 is 20.7 Å². The van der Waals surface area contributed by atoms with Crippen molar-refractivity contribution in [1.82, 2.24) is 20.3 Å². The summed E-state index contributed by atoms with van der Waals surface area (Å²) in [4.78, 5) is 15.0. The van der Waals surface area contributed by atoms with E-state index in [2.05, 4.69) is 25.2 Å². The highest BCUT2D eigenvalue weighted by molar-refractivity contribution is 6.35. The highest BCUT2D eigenvalue weighted by atomic mass is 35.5. The first-order chi connectivity index (χ1) is 15.4. The van der Waals surface area contributed by atoms with Gasteiger partial charge in [-0.3, -0.25) is 10.4 Å². The molecule has 164 valence electrons. The summed E-state index contributed by atoms with van der Waals surface area (Å²) in [7, 11) is 0. The Morgan fingerprint density at radius 1 is 1.12 bits per heavy atom. The molecule has 1 aromatic carbocycles. The maximum Gasteiger partial charge on any atom is 0.225 e. The average molecular weight is 470 g/mol. The zero-order valence-corrected chi connectivity index (χ0v) is 18.6. The lowest BCUT2D eigenvalue weighted by Gasteiger charge is -2.55. The molecule has 3 aromatic rings. The van der Waals surface area contributed by atoms with E-state index in [-0.39, 0.29) is 12.3 Å². The van der Waals surface area contributed by atoms with Crippen LogP contribution in [0, 0.1) is 10.8 Å². The molecule has 0 amide bonds. The van der Waals surface area contributed by atoms with Gasteiger partial charge in [-0.1, -0.05) is 23.2 Å². The van der Waals surface area contributed by atoms with E-state index in [4.69, 9.17) is 39.1 Å². The van der Waals surface area contributed by atoms with E-state index in [0.717, 1.165) is 26.2 Å². The van der Waals surface area contributed by atoms with Crippen molar-refractivity contribution in [3.63, 3.8) is 0 Å². The lowest BCUT2D eigenvalue weighted by molar-refractivity contribution is 0.119. The predicted molar refractivity (Wildman–Crippen MR) is 125 cm³/mol. The van der Waals surface area contributed by atoms with Gasteiger partial charge in [0.2, 0.25) is 5.95 Å². The summed E-state index contributed by atoms with van der Waals surface area (Å²) >= 11 is 12.3. The van der Waals surface area contributed by atoms with Crippen molar-refractivity contribution in [3.05, 3.63) is 69.7 Å². The molecule has 2 saturated heterocycles. The summed E-state index contributed by atoms with van der Waals surface area (Å²) in [5.74, 6) is 1.23. The number of rotatable bonds is 6. The number of hydrogen-bond acceptors (Lipinski definition) is 8. The van der Waals surface area contributed by atoms with E-state index < -0.39 is 0 Å². The van der Waals surface area contributed by atoms with Crippen molar-refractivity contribution in [2.45, 2.75) is 6.61 Å². The summed E-state index contributed by atoms with van der Waals surface area (Å²) in [6.07, 6.45) is 6.36. The summed E-state index contributed by atoms with van der Waals surface area (Å²) in [6, 6.07) is 5.16. The van der Waals surface area contributed by atoms with Crippen LogP contribution >= 0.6 is 23.2 Å². The first-order valence-corrected chi connectivity index (χ1v) is 10.9. The van der Waals surface area contributed by atoms with E-state index in [9.17, 15) is 0 Å².